The van der Waals surface area contributed by atoms with Crippen molar-refractivity contribution in [2.24, 2.45) is 0 Å². The van der Waals surface area contributed by atoms with Crippen LogP contribution in [-0.4, -0.2) is 83.4 Å². The van der Waals surface area contributed by atoms with Crippen LogP contribution in [-0.2, 0) is 15.0 Å². The second-order valence-corrected chi connectivity index (χ2v) is 9.16. The summed E-state index contributed by atoms with van der Waals surface area (Å²) in [6, 6.07) is 11.5. The Bertz CT molecular complexity index is 948. The topological polar surface area (TPSA) is 90.8 Å². The summed E-state index contributed by atoms with van der Waals surface area (Å²) in [7, 11) is -3.43. The van der Waals surface area contributed by atoms with Crippen molar-refractivity contribution in [3.05, 3.63) is 42.1 Å². The van der Waals surface area contributed by atoms with Crippen LogP contribution in [0.2, 0.25) is 0 Å². The quantitative estimate of drug-likeness (QED) is 0.677. The summed E-state index contributed by atoms with van der Waals surface area (Å²) >= 11 is 0. The van der Waals surface area contributed by atoms with Crippen molar-refractivity contribution in [1.82, 2.24) is 23.3 Å². The van der Waals surface area contributed by atoms with Gasteiger partial charge in [-0.15, -0.1) is 0 Å². The minimum absolute atomic E-state index is 0.146. The molecule has 1 fully saturated rings. The summed E-state index contributed by atoms with van der Waals surface area (Å²) < 4.78 is 29.9. The number of benzene rings is 1. The van der Waals surface area contributed by atoms with E-state index in [4.69, 9.17) is 0 Å². The average molecular weight is 435 g/mol. The molecule has 0 radical (unpaired) electrons. The second-order valence-electron chi connectivity index (χ2n) is 7.23. The molecule has 2 heterocycles. The molecular formula is C20H30N6O3S. The average Bonchev–Trinajstić information content (AvgIpc) is 3.09. The zero-order valence-electron chi connectivity index (χ0n) is 17.8. The molecule has 1 amide bonds. The zero-order valence-corrected chi connectivity index (χ0v) is 18.6. The van der Waals surface area contributed by atoms with Crippen molar-refractivity contribution in [2.75, 3.05) is 51.1 Å². The minimum Gasteiger partial charge on any atom is -0.309 e. The van der Waals surface area contributed by atoms with Crippen molar-refractivity contribution in [1.29, 1.82) is 0 Å². The molecule has 3 rings (SSSR count). The van der Waals surface area contributed by atoms with E-state index in [9.17, 15) is 13.2 Å². The predicted molar refractivity (Wildman–Crippen MR) is 117 cm³/mol. The number of nitrogens with zero attached hydrogens (tertiary/aromatic N) is 5. The Labute approximate surface area is 178 Å². The molecule has 0 spiro atoms. The number of aryl methyl sites for hydroxylation is 1. The number of carbonyl (C=O) groups excluding carboxylic acids is 1. The molecular weight excluding hydrogens is 404 g/mol. The lowest BCUT2D eigenvalue weighted by molar-refractivity contribution is -0.117. The minimum atomic E-state index is -3.43. The second kappa shape index (κ2) is 9.69. The first-order valence-electron chi connectivity index (χ1n) is 10.2. The molecule has 1 aromatic carbocycles. The van der Waals surface area contributed by atoms with Crippen LogP contribution in [0.25, 0.3) is 5.69 Å². The number of aromatic nitrogens is 2. The molecule has 1 N–H and O–H groups in total. The molecule has 164 valence electrons. The van der Waals surface area contributed by atoms with E-state index in [0.717, 1.165) is 11.4 Å². The van der Waals surface area contributed by atoms with Crippen LogP contribution in [0, 0.1) is 6.92 Å². The van der Waals surface area contributed by atoms with Gasteiger partial charge in [-0.05, 0) is 19.1 Å². The highest BCUT2D eigenvalue weighted by atomic mass is 32.2. The number of carbonyl (C=O) groups is 1. The number of nitrogens with one attached hydrogen (secondary N) is 1. The van der Waals surface area contributed by atoms with Crippen molar-refractivity contribution in [3.63, 3.8) is 0 Å². The fourth-order valence-electron chi connectivity index (χ4n) is 3.57. The number of piperazine rings is 1. The molecule has 2 aromatic rings. The first kappa shape index (κ1) is 22.4. The van der Waals surface area contributed by atoms with Gasteiger partial charge in [-0.2, -0.15) is 22.1 Å². The summed E-state index contributed by atoms with van der Waals surface area (Å²) in [5, 5.41) is 7.40. The molecule has 0 saturated carbocycles. The van der Waals surface area contributed by atoms with Crippen molar-refractivity contribution in [3.8, 4) is 5.69 Å². The maximum atomic E-state index is 12.6. The Kier molecular flexibility index (Phi) is 7.24. The predicted octanol–water partition coefficient (Wildman–Crippen LogP) is 1.32. The molecule has 0 atom stereocenters. The van der Waals surface area contributed by atoms with E-state index >= 15 is 0 Å². The van der Waals surface area contributed by atoms with Gasteiger partial charge in [-0.25, -0.2) is 4.68 Å². The lowest BCUT2D eigenvalue weighted by Crippen LogP contribution is -2.54. The number of anilines is 1. The third-order valence-electron chi connectivity index (χ3n) is 5.16. The fraction of sp³-hybridized carbons (Fsp3) is 0.500. The lowest BCUT2D eigenvalue weighted by Gasteiger charge is -2.35. The van der Waals surface area contributed by atoms with Crippen LogP contribution in [0.3, 0.4) is 0 Å². The summed E-state index contributed by atoms with van der Waals surface area (Å²) in [4.78, 5) is 14.6. The van der Waals surface area contributed by atoms with Gasteiger partial charge in [0, 0.05) is 45.3 Å². The van der Waals surface area contributed by atoms with E-state index in [1.54, 1.807) is 4.68 Å². The first-order valence-corrected chi connectivity index (χ1v) is 11.6. The van der Waals surface area contributed by atoms with Gasteiger partial charge in [-0.3, -0.25) is 9.69 Å². The SMILES string of the molecule is CCN(CC)S(=O)(=O)N1CCN(CC(=O)Nc2cc(C)nn2-c2ccccc2)CC1. The van der Waals surface area contributed by atoms with Gasteiger partial charge in [0.1, 0.15) is 5.82 Å². The molecule has 0 aliphatic carbocycles. The molecule has 1 aliphatic rings. The fourth-order valence-corrected chi connectivity index (χ4v) is 5.18. The van der Waals surface area contributed by atoms with Crippen LogP contribution >= 0.6 is 0 Å². The molecule has 30 heavy (non-hydrogen) atoms. The zero-order chi connectivity index (χ0) is 21.7. The van der Waals surface area contributed by atoms with Gasteiger partial charge in [0.15, 0.2) is 0 Å². The van der Waals surface area contributed by atoms with Crippen molar-refractivity contribution in [2.45, 2.75) is 20.8 Å². The third-order valence-corrected chi connectivity index (χ3v) is 7.34. The molecule has 1 aromatic heterocycles. The maximum Gasteiger partial charge on any atom is 0.282 e. The smallest absolute Gasteiger partial charge is 0.282 e. The van der Waals surface area contributed by atoms with Gasteiger partial charge in [0.2, 0.25) is 5.91 Å². The number of hydrogen-bond acceptors (Lipinski definition) is 5. The van der Waals surface area contributed by atoms with Gasteiger partial charge in [0.25, 0.3) is 10.2 Å². The molecule has 10 heteroatoms. The Hall–Kier alpha value is -2.27. The molecule has 1 aliphatic heterocycles. The highest BCUT2D eigenvalue weighted by molar-refractivity contribution is 7.86. The molecule has 9 nitrogen and oxygen atoms in total. The van der Waals surface area contributed by atoms with Gasteiger partial charge < -0.3 is 5.32 Å². The summed E-state index contributed by atoms with van der Waals surface area (Å²) in [6.45, 7) is 8.47. The Morgan fingerprint density at radius 2 is 1.73 bits per heavy atom. The highest BCUT2D eigenvalue weighted by Gasteiger charge is 2.31. The van der Waals surface area contributed by atoms with Gasteiger partial charge in [-0.1, -0.05) is 32.0 Å². The molecule has 1 saturated heterocycles. The van der Waals surface area contributed by atoms with Crippen LogP contribution in [0.4, 0.5) is 5.82 Å². The maximum absolute atomic E-state index is 12.6. The Morgan fingerprint density at radius 3 is 2.33 bits per heavy atom. The number of rotatable bonds is 8. The van der Waals surface area contributed by atoms with E-state index < -0.39 is 10.2 Å². The lowest BCUT2D eigenvalue weighted by atomic mass is 10.3. The largest absolute Gasteiger partial charge is 0.309 e. The van der Waals surface area contributed by atoms with Crippen LogP contribution in [0.5, 0.6) is 0 Å². The normalized spacial score (nSPS) is 16.1. The van der Waals surface area contributed by atoms with Gasteiger partial charge in [0.05, 0.1) is 17.9 Å². The molecule has 0 bridgehead atoms. The van der Waals surface area contributed by atoms with E-state index in [1.807, 2.05) is 62.1 Å². The standard InChI is InChI=1S/C20H30N6O3S/c1-4-24(5-2)30(28,29)25-13-11-23(12-14-25)16-20(27)21-19-15-17(3)22-26(19)18-9-7-6-8-10-18/h6-10,15H,4-5,11-14,16H2,1-3H3,(H,21,27). The summed E-state index contributed by atoms with van der Waals surface area (Å²) in [6.07, 6.45) is 0. The van der Waals surface area contributed by atoms with Crippen LogP contribution < -0.4 is 5.32 Å². The summed E-state index contributed by atoms with van der Waals surface area (Å²) in [5.41, 5.74) is 1.68. The van der Waals surface area contributed by atoms with Crippen LogP contribution in [0.1, 0.15) is 19.5 Å². The van der Waals surface area contributed by atoms with Crippen molar-refractivity contribution >= 4 is 21.9 Å². The third kappa shape index (κ3) is 5.07. The Morgan fingerprint density at radius 1 is 1.10 bits per heavy atom. The number of hydrogen-bond donors (Lipinski definition) is 1. The first-order chi connectivity index (χ1) is 14.3. The van der Waals surface area contributed by atoms with E-state index in [1.165, 1.54) is 8.61 Å². The number of para-hydroxylation sites is 1. The Balaban J connectivity index is 1.58. The van der Waals surface area contributed by atoms with E-state index in [2.05, 4.69) is 10.4 Å². The van der Waals surface area contributed by atoms with E-state index in [-0.39, 0.29) is 12.5 Å². The van der Waals surface area contributed by atoms with Crippen molar-refractivity contribution < 1.29 is 13.2 Å². The highest BCUT2D eigenvalue weighted by Crippen LogP contribution is 2.17. The number of amides is 1. The van der Waals surface area contributed by atoms with E-state index in [0.29, 0.717) is 45.1 Å². The monoisotopic (exact) mass is 434 g/mol. The van der Waals surface area contributed by atoms with Gasteiger partial charge >= 0.3 is 0 Å². The van der Waals surface area contributed by atoms with Crippen LogP contribution in [0.15, 0.2) is 36.4 Å². The molecule has 0 unspecified atom stereocenters. The summed E-state index contributed by atoms with van der Waals surface area (Å²) in [5.74, 6) is 0.471.